The Labute approximate surface area is 207 Å². The summed E-state index contributed by atoms with van der Waals surface area (Å²) in [7, 11) is -4.98. The Morgan fingerprint density at radius 3 is 2.57 bits per heavy atom. The van der Waals surface area contributed by atoms with E-state index in [2.05, 4.69) is 14.4 Å². The van der Waals surface area contributed by atoms with Crippen LogP contribution in [0.25, 0.3) is 22.3 Å². The van der Waals surface area contributed by atoms with Crippen molar-refractivity contribution in [2.24, 2.45) is 5.16 Å². The SMILES string of the molecule is O=c1nc(-c2ccccc2)n2c3c(ccc(Cl)c13)/C(=N\OS(=O)(=O)[O-])CC2.[K+]. The van der Waals surface area contributed by atoms with Crippen LogP contribution < -0.4 is 56.9 Å². The maximum atomic E-state index is 12.6. The molecule has 0 radical (unpaired) electrons. The summed E-state index contributed by atoms with van der Waals surface area (Å²) in [6.45, 7) is 0.350. The van der Waals surface area contributed by atoms with E-state index in [1.165, 1.54) is 6.07 Å². The van der Waals surface area contributed by atoms with Crippen LogP contribution in [0.4, 0.5) is 0 Å². The summed E-state index contributed by atoms with van der Waals surface area (Å²) in [5, 5.41) is 3.90. The van der Waals surface area contributed by atoms with Gasteiger partial charge >= 0.3 is 51.4 Å². The van der Waals surface area contributed by atoms with E-state index in [0.717, 1.165) is 5.56 Å². The zero-order chi connectivity index (χ0) is 19.2. The third-order valence-electron chi connectivity index (χ3n) is 4.23. The van der Waals surface area contributed by atoms with Gasteiger partial charge in [0.1, 0.15) is 5.82 Å². The Bertz CT molecular complexity index is 1260. The number of nitrogens with zero attached hydrogens (tertiary/aromatic N) is 3. The molecule has 0 bridgehead atoms. The van der Waals surface area contributed by atoms with E-state index < -0.39 is 16.0 Å². The van der Waals surface area contributed by atoms with Crippen LogP contribution in [0.15, 0.2) is 52.4 Å². The number of hydrogen-bond acceptors (Lipinski definition) is 7. The fraction of sp³-hybridized carbons (Fsp3) is 0.118. The molecular formula is C17H11ClKN3O5S. The Balaban J connectivity index is 0.00000225. The summed E-state index contributed by atoms with van der Waals surface area (Å²) in [4.78, 5) is 16.8. The van der Waals surface area contributed by atoms with Crippen LogP contribution >= 0.6 is 11.6 Å². The second-order valence-corrected chi connectivity index (χ2v) is 7.22. The van der Waals surface area contributed by atoms with Crippen molar-refractivity contribution in [2.45, 2.75) is 13.0 Å². The summed E-state index contributed by atoms with van der Waals surface area (Å²) >= 11 is 6.21. The molecule has 0 saturated heterocycles. The molecule has 0 atom stereocenters. The first kappa shape index (κ1) is 21.6. The van der Waals surface area contributed by atoms with Crippen LogP contribution in [-0.2, 0) is 21.2 Å². The maximum absolute atomic E-state index is 12.6. The molecule has 0 spiro atoms. The van der Waals surface area contributed by atoms with Crippen LogP contribution in [0.2, 0.25) is 5.02 Å². The van der Waals surface area contributed by atoms with Crippen molar-refractivity contribution >= 4 is 38.6 Å². The first-order valence-corrected chi connectivity index (χ1v) is 9.56. The van der Waals surface area contributed by atoms with E-state index in [1.54, 1.807) is 6.07 Å². The Kier molecular flexibility index (Phi) is 6.42. The number of rotatable bonds is 3. The van der Waals surface area contributed by atoms with Gasteiger partial charge in [-0.3, -0.25) is 9.08 Å². The predicted octanol–water partition coefficient (Wildman–Crippen LogP) is -0.695. The van der Waals surface area contributed by atoms with Crippen molar-refractivity contribution < 1.29 is 68.6 Å². The zero-order valence-corrected chi connectivity index (χ0v) is 19.3. The van der Waals surface area contributed by atoms with Crippen molar-refractivity contribution in [3.05, 3.63) is 63.4 Å². The smallest absolute Gasteiger partial charge is 0.714 e. The topological polar surface area (TPSA) is 114 Å². The van der Waals surface area contributed by atoms with E-state index >= 15 is 0 Å². The van der Waals surface area contributed by atoms with Gasteiger partial charge in [-0.15, -0.1) is 0 Å². The van der Waals surface area contributed by atoms with Crippen molar-refractivity contribution in [2.75, 3.05) is 0 Å². The molecule has 1 aliphatic rings. The number of benzene rings is 2. The summed E-state index contributed by atoms with van der Waals surface area (Å²) < 4.78 is 38.1. The predicted molar refractivity (Wildman–Crippen MR) is 98.4 cm³/mol. The fourth-order valence-corrected chi connectivity index (χ4v) is 3.58. The minimum absolute atomic E-state index is 0. The fourth-order valence-electron chi connectivity index (χ4n) is 3.16. The maximum Gasteiger partial charge on any atom is 1.00 e. The average Bonchev–Trinajstić information content (AvgIpc) is 2.64. The summed E-state index contributed by atoms with van der Waals surface area (Å²) in [5.41, 5.74) is 1.41. The van der Waals surface area contributed by atoms with E-state index in [1.807, 2.05) is 34.9 Å². The minimum Gasteiger partial charge on any atom is -0.714 e. The van der Waals surface area contributed by atoms with Gasteiger partial charge in [-0.1, -0.05) is 47.1 Å². The van der Waals surface area contributed by atoms with Crippen LogP contribution in [-0.4, -0.2) is 28.2 Å². The van der Waals surface area contributed by atoms with Crippen molar-refractivity contribution in [1.82, 2.24) is 9.55 Å². The molecule has 0 amide bonds. The molecule has 1 aliphatic heterocycles. The van der Waals surface area contributed by atoms with Gasteiger partial charge in [-0.2, -0.15) is 13.4 Å². The Morgan fingerprint density at radius 1 is 1.18 bits per heavy atom. The van der Waals surface area contributed by atoms with Crippen LogP contribution in [0.3, 0.4) is 0 Å². The Hall–Kier alpha value is -1.11. The molecule has 11 heteroatoms. The number of hydrogen-bond donors (Lipinski definition) is 0. The second kappa shape index (κ2) is 8.32. The first-order chi connectivity index (χ1) is 12.8. The number of aryl methyl sites for hydroxylation is 1. The molecule has 4 rings (SSSR count). The van der Waals surface area contributed by atoms with E-state index in [9.17, 15) is 17.8 Å². The normalized spacial score (nSPS) is 14.7. The number of aromatic nitrogens is 2. The van der Waals surface area contributed by atoms with Crippen molar-refractivity contribution in [1.29, 1.82) is 0 Å². The molecule has 8 nitrogen and oxygen atoms in total. The molecule has 0 aliphatic carbocycles. The van der Waals surface area contributed by atoms with Gasteiger partial charge < -0.3 is 9.12 Å². The molecule has 0 fully saturated rings. The van der Waals surface area contributed by atoms with Gasteiger partial charge in [0.05, 0.1) is 21.6 Å². The summed E-state index contributed by atoms with van der Waals surface area (Å²) in [6.07, 6.45) is 0.281. The third-order valence-corrected chi connectivity index (χ3v) is 4.80. The van der Waals surface area contributed by atoms with Crippen molar-refractivity contribution in [3.63, 3.8) is 0 Å². The molecule has 138 valence electrons. The molecule has 0 unspecified atom stereocenters. The molecule has 28 heavy (non-hydrogen) atoms. The monoisotopic (exact) mass is 443 g/mol. The molecule has 3 aromatic rings. The van der Waals surface area contributed by atoms with Gasteiger partial charge in [0.2, 0.25) is 0 Å². The largest absolute Gasteiger partial charge is 1.00 e. The standard InChI is InChI=1S/C17H12ClN3O5S.K/c18-12-7-6-11-13(20-26-27(23,24)25)8-9-21-15(11)14(12)17(22)19-16(21)10-4-2-1-3-5-10;/h1-7H,8-9H2,(H,23,24,25);/q;+1/p-1/b20-13-;. The summed E-state index contributed by atoms with van der Waals surface area (Å²) in [6, 6.07) is 12.3. The van der Waals surface area contributed by atoms with Crippen molar-refractivity contribution in [3.8, 4) is 11.4 Å². The van der Waals surface area contributed by atoms with Gasteiger partial charge in [0.25, 0.3) is 16.0 Å². The second-order valence-electron chi connectivity index (χ2n) is 5.85. The minimum atomic E-state index is -4.98. The zero-order valence-electron chi connectivity index (χ0n) is 14.6. The summed E-state index contributed by atoms with van der Waals surface area (Å²) in [5.74, 6) is 0.466. The molecule has 1 aromatic heterocycles. The quantitative estimate of drug-likeness (QED) is 0.229. The van der Waals surface area contributed by atoms with Gasteiger partial charge in [-0.25, -0.2) is 0 Å². The van der Waals surface area contributed by atoms with E-state index in [0.29, 0.717) is 23.4 Å². The van der Waals surface area contributed by atoms with Gasteiger partial charge in [0, 0.05) is 24.1 Å². The third kappa shape index (κ3) is 4.09. The van der Waals surface area contributed by atoms with E-state index in [-0.39, 0.29) is 73.9 Å². The van der Waals surface area contributed by atoms with Crippen LogP contribution in [0, 0.1) is 0 Å². The van der Waals surface area contributed by atoms with Gasteiger partial charge in [-0.05, 0) is 12.1 Å². The number of oxime groups is 1. The average molecular weight is 444 g/mol. The van der Waals surface area contributed by atoms with Crippen LogP contribution in [0.5, 0.6) is 0 Å². The molecular weight excluding hydrogens is 433 g/mol. The molecule has 2 heterocycles. The van der Waals surface area contributed by atoms with Gasteiger partial charge in [0.15, 0.2) is 0 Å². The Morgan fingerprint density at radius 2 is 1.89 bits per heavy atom. The van der Waals surface area contributed by atoms with E-state index in [4.69, 9.17) is 11.6 Å². The number of halogens is 1. The molecule has 0 saturated carbocycles. The molecule has 0 N–H and O–H groups in total. The van der Waals surface area contributed by atoms with Crippen LogP contribution in [0.1, 0.15) is 12.0 Å². The first-order valence-electron chi connectivity index (χ1n) is 7.85. The molecule has 2 aromatic carbocycles.